The zero-order valence-corrected chi connectivity index (χ0v) is 12.6. The Labute approximate surface area is 120 Å². The Hall–Kier alpha value is -1.41. The van der Waals surface area contributed by atoms with Gasteiger partial charge >= 0.3 is 0 Å². The third kappa shape index (κ3) is 3.54. The van der Waals surface area contributed by atoms with Crippen molar-refractivity contribution >= 4 is 17.4 Å². The zero-order valence-electron chi connectivity index (χ0n) is 11.8. The number of hydrogen-bond acceptors (Lipinski definition) is 2. The molecule has 2 aromatic rings. The Morgan fingerprint density at radius 1 is 1.05 bits per heavy atom. The highest BCUT2D eigenvalue weighted by Gasteiger charge is 2.03. The highest BCUT2D eigenvalue weighted by Crippen LogP contribution is 2.29. The molecule has 2 aromatic carbocycles. The van der Waals surface area contributed by atoms with Crippen molar-refractivity contribution in [2.75, 3.05) is 5.73 Å². The SMILES string of the molecule is Cc1c(N)cccc1SCc1ccc(C(C)C)cc1. The third-order valence-electron chi connectivity index (χ3n) is 3.37. The normalized spacial score (nSPS) is 10.9. The van der Waals surface area contributed by atoms with E-state index < -0.39 is 0 Å². The van der Waals surface area contributed by atoms with Crippen LogP contribution in [0.1, 0.15) is 36.5 Å². The second-order valence-electron chi connectivity index (χ2n) is 5.16. The van der Waals surface area contributed by atoms with E-state index in [-0.39, 0.29) is 0 Å². The molecule has 2 heteroatoms. The molecule has 0 heterocycles. The molecule has 0 aromatic heterocycles. The minimum atomic E-state index is 0.595. The predicted octanol–water partition coefficient (Wildman–Crippen LogP) is 4.99. The van der Waals surface area contributed by atoms with Crippen molar-refractivity contribution in [3.63, 3.8) is 0 Å². The largest absolute Gasteiger partial charge is 0.398 e. The predicted molar refractivity (Wildman–Crippen MR) is 85.7 cm³/mol. The second kappa shape index (κ2) is 6.16. The van der Waals surface area contributed by atoms with Crippen LogP contribution in [-0.4, -0.2) is 0 Å². The summed E-state index contributed by atoms with van der Waals surface area (Å²) in [6, 6.07) is 15.0. The van der Waals surface area contributed by atoms with Crippen LogP contribution >= 0.6 is 11.8 Å². The fourth-order valence-corrected chi connectivity index (χ4v) is 2.97. The molecule has 0 saturated heterocycles. The van der Waals surface area contributed by atoms with Crippen LogP contribution in [0.4, 0.5) is 5.69 Å². The van der Waals surface area contributed by atoms with E-state index in [4.69, 9.17) is 5.73 Å². The summed E-state index contributed by atoms with van der Waals surface area (Å²) in [7, 11) is 0. The lowest BCUT2D eigenvalue weighted by atomic mass is 10.0. The average Bonchev–Trinajstić information content (AvgIpc) is 2.41. The standard InChI is InChI=1S/C17H21NS/c1-12(2)15-9-7-14(8-10-15)11-19-17-6-4-5-16(18)13(17)3/h4-10,12H,11,18H2,1-3H3. The van der Waals surface area contributed by atoms with Crippen LogP contribution < -0.4 is 5.73 Å². The van der Waals surface area contributed by atoms with E-state index in [0.29, 0.717) is 5.92 Å². The molecule has 0 saturated carbocycles. The van der Waals surface area contributed by atoms with Gasteiger partial charge in [-0.3, -0.25) is 0 Å². The average molecular weight is 271 g/mol. The molecule has 0 fully saturated rings. The molecule has 0 bridgehead atoms. The molecule has 2 N–H and O–H groups in total. The Morgan fingerprint density at radius 2 is 1.74 bits per heavy atom. The van der Waals surface area contributed by atoms with E-state index in [1.807, 2.05) is 23.9 Å². The zero-order chi connectivity index (χ0) is 13.8. The Balaban J connectivity index is 2.04. The molecular weight excluding hydrogens is 250 g/mol. The first-order valence-corrected chi connectivity index (χ1v) is 7.63. The van der Waals surface area contributed by atoms with Gasteiger partial charge in [-0.1, -0.05) is 44.2 Å². The molecule has 0 spiro atoms. The lowest BCUT2D eigenvalue weighted by Gasteiger charge is -2.09. The number of anilines is 1. The molecule has 0 aliphatic carbocycles. The lowest BCUT2D eigenvalue weighted by Crippen LogP contribution is -1.91. The van der Waals surface area contributed by atoms with Gasteiger partial charge < -0.3 is 5.73 Å². The van der Waals surface area contributed by atoms with Crippen molar-refractivity contribution in [2.45, 2.75) is 37.3 Å². The molecule has 0 unspecified atom stereocenters. The van der Waals surface area contributed by atoms with Gasteiger partial charge in [0.15, 0.2) is 0 Å². The van der Waals surface area contributed by atoms with Gasteiger partial charge in [0.2, 0.25) is 0 Å². The molecular formula is C17H21NS. The summed E-state index contributed by atoms with van der Waals surface area (Å²) >= 11 is 1.85. The number of hydrogen-bond donors (Lipinski definition) is 1. The first kappa shape index (κ1) is 14.0. The number of nitrogens with two attached hydrogens (primary N) is 1. The molecule has 0 radical (unpaired) electrons. The van der Waals surface area contributed by atoms with E-state index in [1.165, 1.54) is 21.6 Å². The summed E-state index contributed by atoms with van der Waals surface area (Å²) in [5.41, 5.74) is 10.7. The first-order chi connectivity index (χ1) is 9.08. The molecule has 2 rings (SSSR count). The van der Waals surface area contributed by atoms with Crippen molar-refractivity contribution in [2.24, 2.45) is 0 Å². The van der Waals surface area contributed by atoms with Gasteiger partial charge in [-0.2, -0.15) is 0 Å². The van der Waals surface area contributed by atoms with Crippen molar-refractivity contribution in [1.82, 2.24) is 0 Å². The van der Waals surface area contributed by atoms with E-state index in [2.05, 4.69) is 51.1 Å². The minimum Gasteiger partial charge on any atom is -0.398 e. The minimum absolute atomic E-state index is 0.595. The van der Waals surface area contributed by atoms with Crippen molar-refractivity contribution < 1.29 is 0 Å². The Kier molecular flexibility index (Phi) is 4.54. The Morgan fingerprint density at radius 3 is 2.37 bits per heavy atom. The fraction of sp³-hybridized carbons (Fsp3) is 0.294. The van der Waals surface area contributed by atoms with Crippen LogP contribution in [0.25, 0.3) is 0 Å². The second-order valence-corrected chi connectivity index (χ2v) is 6.17. The first-order valence-electron chi connectivity index (χ1n) is 6.64. The van der Waals surface area contributed by atoms with E-state index in [1.54, 1.807) is 0 Å². The molecule has 19 heavy (non-hydrogen) atoms. The smallest absolute Gasteiger partial charge is 0.0354 e. The molecule has 0 aliphatic rings. The van der Waals surface area contributed by atoms with Crippen LogP contribution in [0.3, 0.4) is 0 Å². The molecule has 100 valence electrons. The maximum absolute atomic E-state index is 5.93. The van der Waals surface area contributed by atoms with E-state index >= 15 is 0 Å². The van der Waals surface area contributed by atoms with Crippen LogP contribution in [0.2, 0.25) is 0 Å². The van der Waals surface area contributed by atoms with Gasteiger partial charge in [-0.05, 0) is 41.7 Å². The van der Waals surface area contributed by atoms with Crippen molar-refractivity contribution in [1.29, 1.82) is 0 Å². The highest BCUT2D eigenvalue weighted by molar-refractivity contribution is 7.98. The van der Waals surface area contributed by atoms with Crippen molar-refractivity contribution in [3.05, 3.63) is 59.2 Å². The lowest BCUT2D eigenvalue weighted by molar-refractivity contribution is 0.866. The van der Waals surface area contributed by atoms with E-state index in [0.717, 1.165) is 11.4 Å². The Bertz CT molecular complexity index is 544. The number of rotatable bonds is 4. The molecule has 0 aliphatic heterocycles. The summed E-state index contributed by atoms with van der Waals surface area (Å²) in [6.07, 6.45) is 0. The highest BCUT2D eigenvalue weighted by atomic mass is 32.2. The number of thioether (sulfide) groups is 1. The van der Waals surface area contributed by atoms with Gasteiger partial charge in [0, 0.05) is 16.3 Å². The topological polar surface area (TPSA) is 26.0 Å². The monoisotopic (exact) mass is 271 g/mol. The summed E-state index contributed by atoms with van der Waals surface area (Å²) in [4.78, 5) is 1.27. The number of nitrogen functional groups attached to an aromatic ring is 1. The third-order valence-corrected chi connectivity index (χ3v) is 4.60. The van der Waals surface area contributed by atoms with Gasteiger partial charge in [0.25, 0.3) is 0 Å². The number of benzene rings is 2. The molecule has 1 nitrogen and oxygen atoms in total. The summed E-state index contributed by atoms with van der Waals surface area (Å²) in [6.45, 7) is 6.53. The van der Waals surface area contributed by atoms with Gasteiger partial charge in [0.05, 0.1) is 0 Å². The van der Waals surface area contributed by atoms with Crippen LogP contribution in [0.5, 0.6) is 0 Å². The molecule has 0 atom stereocenters. The summed E-state index contributed by atoms with van der Waals surface area (Å²) in [5.74, 6) is 1.58. The quantitative estimate of drug-likeness (QED) is 0.626. The molecule has 0 amide bonds. The van der Waals surface area contributed by atoms with E-state index in [9.17, 15) is 0 Å². The fourth-order valence-electron chi connectivity index (χ4n) is 1.95. The maximum atomic E-state index is 5.93. The van der Waals surface area contributed by atoms with Crippen LogP contribution in [0, 0.1) is 6.92 Å². The van der Waals surface area contributed by atoms with Crippen LogP contribution in [-0.2, 0) is 5.75 Å². The van der Waals surface area contributed by atoms with Crippen LogP contribution in [0.15, 0.2) is 47.4 Å². The summed E-state index contributed by atoms with van der Waals surface area (Å²) < 4.78 is 0. The van der Waals surface area contributed by atoms with Gasteiger partial charge in [0.1, 0.15) is 0 Å². The maximum Gasteiger partial charge on any atom is 0.0354 e. The van der Waals surface area contributed by atoms with Crippen molar-refractivity contribution in [3.8, 4) is 0 Å². The summed E-state index contributed by atoms with van der Waals surface area (Å²) in [5, 5.41) is 0. The van der Waals surface area contributed by atoms with Gasteiger partial charge in [-0.15, -0.1) is 11.8 Å². The van der Waals surface area contributed by atoms with Gasteiger partial charge in [-0.25, -0.2) is 0 Å².